The van der Waals surface area contributed by atoms with Crippen LogP contribution in [0.2, 0.25) is 0 Å². The lowest BCUT2D eigenvalue weighted by atomic mass is 10.2. The van der Waals surface area contributed by atoms with E-state index in [0.29, 0.717) is 11.4 Å². The van der Waals surface area contributed by atoms with E-state index in [-0.39, 0.29) is 5.75 Å². The van der Waals surface area contributed by atoms with Crippen molar-refractivity contribution in [3.63, 3.8) is 0 Å². The Balaban J connectivity index is 1.79. The van der Waals surface area contributed by atoms with Gasteiger partial charge in [0.05, 0.1) is 7.11 Å². The van der Waals surface area contributed by atoms with Gasteiger partial charge in [0.1, 0.15) is 11.5 Å². The first kappa shape index (κ1) is 19.9. The predicted molar refractivity (Wildman–Crippen MR) is 94.7 cm³/mol. The normalized spacial score (nSPS) is 10.7. The SMILES string of the molecule is COc1cccc(C=CC(=O)OCC(=O)Nc2ccc(OC(F)F)cc2)c1. The molecule has 0 saturated carbocycles. The highest BCUT2D eigenvalue weighted by atomic mass is 19.3. The standard InChI is InChI=1S/C19H17F2NO5/c1-25-16-4-2-3-13(11-16)5-10-18(24)26-12-17(23)22-14-6-8-15(9-7-14)27-19(20)21/h2-11,19H,12H2,1H3,(H,22,23). The van der Waals surface area contributed by atoms with Crippen molar-refractivity contribution in [1.29, 1.82) is 0 Å². The molecule has 0 fully saturated rings. The number of amides is 1. The smallest absolute Gasteiger partial charge is 0.387 e. The van der Waals surface area contributed by atoms with Crippen LogP contribution >= 0.6 is 0 Å². The number of benzene rings is 2. The van der Waals surface area contributed by atoms with Gasteiger partial charge in [-0.1, -0.05) is 12.1 Å². The maximum absolute atomic E-state index is 12.1. The topological polar surface area (TPSA) is 73.9 Å². The maximum atomic E-state index is 12.1. The van der Waals surface area contributed by atoms with Crippen LogP contribution in [0.25, 0.3) is 6.08 Å². The van der Waals surface area contributed by atoms with Gasteiger partial charge in [0.2, 0.25) is 0 Å². The first-order valence-corrected chi connectivity index (χ1v) is 7.80. The summed E-state index contributed by atoms with van der Waals surface area (Å²) in [6.07, 6.45) is 2.73. The molecule has 0 radical (unpaired) electrons. The van der Waals surface area contributed by atoms with E-state index in [1.165, 1.54) is 43.5 Å². The van der Waals surface area contributed by atoms with Crippen LogP contribution in [-0.2, 0) is 14.3 Å². The lowest BCUT2D eigenvalue weighted by Gasteiger charge is -2.07. The minimum absolute atomic E-state index is 0.0305. The monoisotopic (exact) mass is 377 g/mol. The number of rotatable bonds is 8. The summed E-state index contributed by atoms with van der Waals surface area (Å²) in [7, 11) is 1.54. The maximum Gasteiger partial charge on any atom is 0.387 e. The van der Waals surface area contributed by atoms with Gasteiger partial charge in [0.25, 0.3) is 5.91 Å². The van der Waals surface area contributed by atoms with Crippen LogP contribution in [0.4, 0.5) is 14.5 Å². The second-order valence-electron chi connectivity index (χ2n) is 5.17. The fourth-order valence-corrected chi connectivity index (χ4v) is 2.01. The van der Waals surface area contributed by atoms with Crippen LogP contribution in [0.1, 0.15) is 5.56 Å². The van der Waals surface area contributed by atoms with E-state index in [2.05, 4.69) is 10.1 Å². The van der Waals surface area contributed by atoms with E-state index >= 15 is 0 Å². The number of anilines is 1. The highest BCUT2D eigenvalue weighted by molar-refractivity contribution is 5.94. The number of nitrogens with one attached hydrogen (secondary N) is 1. The van der Waals surface area contributed by atoms with Gasteiger partial charge in [-0.2, -0.15) is 8.78 Å². The van der Waals surface area contributed by atoms with E-state index in [9.17, 15) is 18.4 Å². The zero-order valence-corrected chi connectivity index (χ0v) is 14.4. The van der Waals surface area contributed by atoms with E-state index in [0.717, 1.165) is 5.56 Å². The molecule has 0 saturated heterocycles. The zero-order valence-electron chi connectivity index (χ0n) is 14.4. The Hall–Kier alpha value is -3.42. The zero-order chi connectivity index (χ0) is 19.6. The Morgan fingerprint density at radius 2 is 1.85 bits per heavy atom. The third-order valence-corrected chi connectivity index (χ3v) is 3.21. The molecule has 1 amide bonds. The Bertz CT molecular complexity index is 806. The van der Waals surface area contributed by atoms with Crippen molar-refractivity contribution >= 4 is 23.6 Å². The quantitative estimate of drug-likeness (QED) is 0.563. The molecule has 2 rings (SSSR count). The molecule has 8 heteroatoms. The molecule has 0 unspecified atom stereocenters. The van der Waals surface area contributed by atoms with Crippen LogP contribution < -0.4 is 14.8 Å². The molecule has 1 N–H and O–H groups in total. The van der Waals surface area contributed by atoms with Crippen LogP contribution in [0, 0.1) is 0 Å². The molecule has 0 aliphatic carbocycles. The number of hydrogen-bond acceptors (Lipinski definition) is 5. The van der Waals surface area contributed by atoms with Crippen molar-refractivity contribution in [3.05, 3.63) is 60.2 Å². The van der Waals surface area contributed by atoms with Crippen molar-refractivity contribution in [1.82, 2.24) is 0 Å². The van der Waals surface area contributed by atoms with Crippen molar-refractivity contribution in [2.24, 2.45) is 0 Å². The fourth-order valence-electron chi connectivity index (χ4n) is 2.01. The molecule has 2 aromatic rings. The Morgan fingerprint density at radius 3 is 2.52 bits per heavy atom. The average Bonchev–Trinajstić information content (AvgIpc) is 2.66. The van der Waals surface area contributed by atoms with Gasteiger partial charge < -0.3 is 19.5 Å². The van der Waals surface area contributed by atoms with Gasteiger partial charge in [-0.05, 0) is 48.0 Å². The molecule has 0 heterocycles. The molecule has 0 atom stereocenters. The minimum Gasteiger partial charge on any atom is -0.497 e. The van der Waals surface area contributed by atoms with Crippen LogP contribution in [0.5, 0.6) is 11.5 Å². The molecule has 142 valence electrons. The number of carbonyl (C=O) groups is 2. The first-order chi connectivity index (χ1) is 13.0. The molecule has 0 aliphatic rings. The fraction of sp³-hybridized carbons (Fsp3) is 0.158. The predicted octanol–water partition coefficient (Wildman–Crippen LogP) is 3.49. The Labute approximate surface area is 154 Å². The molecule has 27 heavy (non-hydrogen) atoms. The molecule has 2 aromatic carbocycles. The second kappa shape index (κ2) is 9.91. The second-order valence-corrected chi connectivity index (χ2v) is 5.17. The lowest BCUT2D eigenvalue weighted by Crippen LogP contribution is -2.20. The summed E-state index contributed by atoms with van der Waals surface area (Å²) in [5.41, 5.74) is 1.09. The summed E-state index contributed by atoms with van der Waals surface area (Å²) in [5.74, 6) is -0.638. The van der Waals surface area contributed by atoms with E-state index < -0.39 is 25.1 Å². The number of ether oxygens (including phenoxy) is 3. The third-order valence-electron chi connectivity index (χ3n) is 3.21. The number of halogens is 2. The third kappa shape index (κ3) is 7.15. The largest absolute Gasteiger partial charge is 0.497 e. The summed E-state index contributed by atoms with van der Waals surface area (Å²) < 4.78 is 38.2. The first-order valence-electron chi connectivity index (χ1n) is 7.80. The van der Waals surface area contributed by atoms with Crippen LogP contribution in [0.3, 0.4) is 0 Å². The number of esters is 1. The molecule has 0 spiro atoms. The number of alkyl halides is 2. The van der Waals surface area contributed by atoms with Gasteiger partial charge >= 0.3 is 12.6 Å². The van der Waals surface area contributed by atoms with Gasteiger partial charge in [0.15, 0.2) is 6.61 Å². The molecular formula is C19H17F2NO5. The van der Waals surface area contributed by atoms with Gasteiger partial charge in [-0.15, -0.1) is 0 Å². The lowest BCUT2D eigenvalue weighted by molar-refractivity contribution is -0.142. The highest BCUT2D eigenvalue weighted by Crippen LogP contribution is 2.17. The molecule has 0 bridgehead atoms. The summed E-state index contributed by atoms with van der Waals surface area (Å²) >= 11 is 0. The van der Waals surface area contributed by atoms with Crippen LogP contribution in [-0.4, -0.2) is 32.2 Å². The number of methoxy groups -OCH3 is 1. The highest BCUT2D eigenvalue weighted by Gasteiger charge is 2.07. The summed E-state index contributed by atoms with van der Waals surface area (Å²) in [6.45, 7) is -3.41. The van der Waals surface area contributed by atoms with Crippen molar-refractivity contribution in [2.75, 3.05) is 19.0 Å². The van der Waals surface area contributed by atoms with Crippen LogP contribution in [0.15, 0.2) is 54.6 Å². The summed E-state index contributed by atoms with van der Waals surface area (Å²) in [5, 5.41) is 2.47. The average molecular weight is 377 g/mol. The van der Waals surface area contributed by atoms with Crippen molar-refractivity contribution in [3.8, 4) is 11.5 Å². The van der Waals surface area contributed by atoms with Crippen molar-refractivity contribution < 1.29 is 32.6 Å². The number of carbonyl (C=O) groups excluding carboxylic acids is 2. The summed E-state index contributed by atoms with van der Waals surface area (Å²) in [6, 6.07) is 12.4. The van der Waals surface area contributed by atoms with Crippen molar-refractivity contribution in [2.45, 2.75) is 6.61 Å². The van der Waals surface area contributed by atoms with Gasteiger partial charge in [0, 0.05) is 11.8 Å². The van der Waals surface area contributed by atoms with Gasteiger partial charge in [-0.25, -0.2) is 4.79 Å². The van der Waals surface area contributed by atoms with E-state index in [4.69, 9.17) is 9.47 Å². The summed E-state index contributed by atoms with van der Waals surface area (Å²) in [4.78, 5) is 23.4. The molecular weight excluding hydrogens is 360 g/mol. The Morgan fingerprint density at radius 1 is 1.11 bits per heavy atom. The van der Waals surface area contributed by atoms with E-state index in [1.807, 2.05) is 0 Å². The number of hydrogen-bond donors (Lipinski definition) is 1. The molecule has 0 aromatic heterocycles. The minimum atomic E-state index is -2.92. The molecule has 6 nitrogen and oxygen atoms in total. The van der Waals surface area contributed by atoms with E-state index in [1.54, 1.807) is 24.3 Å². The van der Waals surface area contributed by atoms with Gasteiger partial charge in [-0.3, -0.25) is 4.79 Å². The Kier molecular flexibility index (Phi) is 7.30. The molecule has 0 aliphatic heterocycles.